The molecule has 1 aliphatic carbocycles. The molecular formula is C16H21NO2S2. The van der Waals surface area contributed by atoms with E-state index in [9.17, 15) is 4.79 Å². The third-order valence-corrected chi connectivity index (χ3v) is 5.93. The van der Waals surface area contributed by atoms with E-state index in [4.69, 9.17) is 5.11 Å². The first-order valence-electron chi connectivity index (χ1n) is 7.26. The Kier molecular flexibility index (Phi) is 6.16. The zero-order valence-electron chi connectivity index (χ0n) is 12.4. The van der Waals surface area contributed by atoms with Crippen molar-refractivity contribution < 1.29 is 9.90 Å². The van der Waals surface area contributed by atoms with Gasteiger partial charge in [-0.25, -0.2) is 0 Å². The summed E-state index contributed by atoms with van der Waals surface area (Å²) in [5.74, 6) is 6.67. The molecule has 114 valence electrons. The minimum absolute atomic E-state index is 0.00676. The quantitative estimate of drug-likeness (QED) is 0.838. The van der Waals surface area contributed by atoms with Crippen molar-refractivity contribution in [3.63, 3.8) is 0 Å². The highest BCUT2D eigenvalue weighted by atomic mass is 32.2. The summed E-state index contributed by atoms with van der Waals surface area (Å²) >= 11 is 3.39. The van der Waals surface area contributed by atoms with E-state index in [0.29, 0.717) is 16.2 Å². The van der Waals surface area contributed by atoms with Crippen molar-refractivity contribution in [3.05, 3.63) is 21.4 Å². The van der Waals surface area contributed by atoms with Gasteiger partial charge >= 0.3 is 0 Å². The van der Waals surface area contributed by atoms with E-state index in [1.165, 1.54) is 17.8 Å². The number of aliphatic hydroxyl groups is 1. The van der Waals surface area contributed by atoms with Crippen molar-refractivity contribution >= 4 is 29.0 Å². The summed E-state index contributed by atoms with van der Waals surface area (Å²) in [7, 11) is 0. The zero-order chi connectivity index (χ0) is 15.2. The van der Waals surface area contributed by atoms with Crippen LogP contribution in [0.5, 0.6) is 0 Å². The Morgan fingerprint density at radius 2 is 2.38 bits per heavy atom. The minimum atomic E-state index is -0.155. The van der Waals surface area contributed by atoms with Crippen LogP contribution in [-0.2, 0) is 0 Å². The molecule has 1 saturated carbocycles. The van der Waals surface area contributed by atoms with Crippen LogP contribution in [-0.4, -0.2) is 34.7 Å². The number of thioether (sulfide) groups is 1. The van der Waals surface area contributed by atoms with Crippen molar-refractivity contribution in [1.82, 2.24) is 5.32 Å². The molecule has 1 amide bonds. The molecule has 2 unspecified atom stereocenters. The van der Waals surface area contributed by atoms with E-state index in [1.54, 1.807) is 0 Å². The number of carbonyl (C=O) groups is 1. The molecule has 2 atom stereocenters. The van der Waals surface area contributed by atoms with Gasteiger partial charge < -0.3 is 10.4 Å². The fourth-order valence-electron chi connectivity index (χ4n) is 2.55. The third kappa shape index (κ3) is 4.50. The molecular weight excluding hydrogens is 302 g/mol. The number of thiophene rings is 1. The predicted octanol–water partition coefficient (Wildman–Crippen LogP) is 2.80. The van der Waals surface area contributed by atoms with Gasteiger partial charge in [0, 0.05) is 11.3 Å². The Bertz CT molecular complexity index is 556. The number of rotatable bonds is 4. The molecule has 21 heavy (non-hydrogen) atoms. The Hall–Kier alpha value is -0.960. The van der Waals surface area contributed by atoms with Crippen molar-refractivity contribution in [3.8, 4) is 11.8 Å². The van der Waals surface area contributed by atoms with Gasteiger partial charge in [0.2, 0.25) is 0 Å². The molecule has 5 heteroatoms. The number of aliphatic hydroxyl groups excluding tert-OH is 1. The van der Waals surface area contributed by atoms with Crippen LogP contribution in [0.3, 0.4) is 0 Å². The predicted molar refractivity (Wildman–Crippen MR) is 90.0 cm³/mol. The highest BCUT2D eigenvalue weighted by Gasteiger charge is 2.26. The lowest BCUT2D eigenvalue weighted by molar-refractivity contribution is 0.0942. The minimum Gasteiger partial charge on any atom is -0.384 e. The molecule has 2 N–H and O–H groups in total. The molecule has 1 aromatic rings. The average Bonchev–Trinajstić information content (AvgIpc) is 3.04. The third-order valence-electron chi connectivity index (χ3n) is 3.54. The number of amides is 1. The van der Waals surface area contributed by atoms with E-state index in [0.717, 1.165) is 29.0 Å². The first-order chi connectivity index (χ1) is 10.1. The maximum Gasteiger partial charge on any atom is 0.261 e. The number of hydrogen-bond acceptors (Lipinski definition) is 4. The molecule has 0 saturated heterocycles. The fourth-order valence-corrected chi connectivity index (χ4v) is 4.65. The summed E-state index contributed by atoms with van der Waals surface area (Å²) < 4.78 is 0. The first-order valence-corrected chi connectivity index (χ1v) is 9.13. The Labute approximate surface area is 134 Å². The molecule has 1 heterocycles. The van der Waals surface area contributed by atoms with Gasteiger partial charge in [-0.1, -0.05) is 18.8 Å². The molecule has 0 bridgehead atoms. The number of carbonyl (C=O) groups excluding carboxylic acids is 1. The number of hydrogen-bond donors (Lipinski definition) is 2. The Morgan fingerprint density at radius 3 is 3.10 bits per heavy atom. The van der Waals surface area contributed by atoms with E-state index >= 15 is 0 Å². The maximum atomic E-state index is 12.3. The molecule has 1 fully saturated rings. The lowest BCUT2D eigenvalue weighted by Crippen LogP contribution is -2.32. The molecule has 0 radical (unpaired) electrons. The van der Waals surface area contributed by atoms with Crippen LogP contribution in [0, 0.1) is 18.8 Å². The van der Waals surface area contributed by atoms with Gasteiger partial charge in [-0.3, -0.25) is 4.79 Å². The van der Waals surface area contributed by atoms with Crippen molar-refractivity contribution in [1.29, 1.82) is 0 Å². The van der Waals surface area contributed by atoms with Gasteiger partial charge in [0.15, 0.2) is 0 Å². The zero-order valence-corrected chi connectivity index (χ0v) is 14.1. The summed E-state index contributed by atoms with van der Waals surface area (Å²) in [5, 5.41) is 12.6. The normalized spacial score (nSPS) is 20.9. The molecule has 0 spiro atoms. The van der Waals surface area contributed by atoms with Gasteiger partial charge in [-0.2, -0.15) is 11.8 Å². The van der Waals surface area contributed by atoms with Crippen molar-refractivity contribution in [2.24, 2.45) is 0 Å². The van der Waals surface area contributed by atoms with E-state index in [-0.39, 0.29) is 12.5 Å². The second kappa shape index (κ2) is 7.88. The summed E-state index contributed by atoms with van der Waals surface area (Å²) in [6.45, 7) is 3.97. The monoisotopic (exact) mass is 323 g/mol. The van der Waals surface area contributed by atoms with Crippen LogP contribution < -0.4 is 5.32 Å². The molecule has 1 aromatic heterocycles. The smallest absolute Gasteiger partial charge is 0.261 e. The van der Waals surface area contributed by atoms with Gasteiger partial charge in [0.05, 0.1) is 9.75 Å². The number of aryl methyl sites for hydroxylation is 1. The van der Waals surface area contributed by atoms with E-state index < -0.39 is 0 Å². The standard InChI is InChI=1S/C16H21NO2S2/c1-3-20-13-7-6-12(10-13)17-16(19)15-9-11(2)14(21-15)5-4-8-18/h9,12-13,18H,3,6-8,10H2,1-2H3,(H,17,19). The van der Waals surface area contributed by atoms with Crippen molar-refractivity contribution in [2.45, 2.75) is 44.4 Å². The van der Waals surface area contributed by atoms with Gasteiger partial charge in [-0.05, 0) is 43.6 Å². The van der Waals surface area contributed by atoms with Crippen LogP contribution in [0.4, 0.5) is 0 Å². The number of nitrogens with one attached hydrogen (secondary N) is 1. The summed E-state index contributed by atoms with van der Waals surface area (Å²) in [4.78, 5) is 13.9. The largest absolute Gasteiger partial charge is 0.384 e. The summed E-state index contributed by atoms with van der Waals surface area (Å²) in [5.41, 5.74) is 0.997. The van der Waals surface area contributed by atoms with E-state index in [1.807, 2.05) is 24.8 Å². The molecule has 3 nitrogen and oxygen atoms in total. The first kappa shape index (κ1) is 16.4. The fraction of sp³-hybridized carbons (Fsp3) is 0.562. The Morgan fingerprint density at radius 1 is 1.57 bits per heavy atom. The molecule has 2 rings (SSSR count). The van der Waals surface area contributed by atoms with Crippen LogP contribution in [0.25, 0.3) is 0 Å². The van der Waals surface area contributed by atoms with Crippen LogP contribution in [0.15, 0.2) is 6.07 Å². The van der Waals surface area contributed by atoms with Crippen molar-refractivity contribution in [2.75, 3.05) is 12.4 Å². The molecule has 1 aliphatic rings. The second-order valence-corrected chi connectivity index (χ2v) is 7.77. The van der Waals surface area contributed by atoms with Gasteiger partial charge in [-0.15, -0.1) is 11.3 Å². The highest BCUT2D eigenvalue weighted by Crippen LogP contribution is 2.30. The Balaban J connectivity index is 1.95. The average molecular weight is 323 g/mol. The van der Waals surface area contributed by atoms with E-state index in [2.05, 4.69) is 24.1 Å². The second-order valence-electron chi connectivity index (χ2n) is 5.14. The lowest BCUT2D eigenvalue weighted by Gasteiger charge is -2.12. The molecule has 0 aliphatic heterocycles. The maximum absolute atomic E-state index is 12.3. The highest BCUT2D eigenvalue weighted by molar-refractivity contribution is 7.99. The summed E-state index contributed by atoms with van der Waals surface area (Å²) in [6, 6.07) is 2.19. The summed E-state index contributed by atoms with van der Waals surface area (Å²) in [6.07, 6.45) is 3.34. The van der Waals surface area contributed by atoms with Gasteiger partial charge in [0.25, 0.3) is 5.91 Å². The topological polar surface area (TPSA) is 49.3 Å². The van der Waals surface area contributed by atoms with Crippen LogP contribution >= 0.6 is 23.1 Å². The SMILES string of the molecule is CCSC1CCC(NC(=O)c2cc(C)c(C#CCO)s2)C1. The van der Waals surface area contributed by atoms with Crippen LogP contribution in [0.1, 0.15) is 46.3 Å². The lowest BCUT2D eigenvalue weighted by atomic mass is 10.2. The molecule has 0 aromatic carbocycles. The van der Waals surface area contributed by atoms with Crippen LogP contribution in [0.2, 0.25) is 0 Å². The van der Waals surface area contributed by atoms with Gasteiger partial charge in [0.1, 0.15) is 6.61 Å².